The maximum Gasteiger partial charge on any atom is 0.269 e. The molecule has 2 aromatic carbocycles. The predicted molar refractivity (Wildman–Crippen MR) is 124 cm³/mol. The number of aliphatic imine (C=N–C) groups is 1. The van der Waals surface area contributed by atoms with E-state index < -0.39 is 0 Å². The summed E-state index contributed by atoms with van der Waals surface area (Å²) in [6, 6.07) is 15.5. The SMILES string of the molecule is CN=C(NCc1cccc([N+](=O)[O-])c1)NC1CCN(c2ccc(C)cc2)C1.I. The highest BCUT2D eigenvalue weighted by Crippen LogP contribution is 2.20. The number of benzene rings is 2. The highest BCUT2D eigenvalue weighted by atomic mass is 127. The fourth-order valence-corrected chi connectivity index (χ4v) is 3.22. The first-order chi connectivity index (χ1) is 13.0. The summed E-state index contributed by atoms with van der Waals surface area (Å²) in [7, 11) is 1.73. The van der Waals surface area contributed by atoms with Crippen LogP contribution in [0, 0.1) is 17.0 Å². The minimum absolute atomic E-state index is 0. The van der Waals surface area contributed by atoms with Gasteiger partial charge in [-0.25, -0.2) is 0 Å². The fourth-order valence-electron chi connectivity index (χ4n) is 3.22. The lowest BCUT2D eigenvalue weighted by molar-refractivity contribution is -0.384. The molecular weight excluding hydrogens is 469 g/mol. The van der Waals surface area contributed by atoms with Crippen LogP contribution in [0.3, 0.4) is 0 Å². The molecule has 2 aromatic rings. The summed E-state index contributed by atoms with van der Waals surface area (Å²) in [5.41, 5.74) is 3.45. The zero-order valence-electron chi connectivity index (χ0n) is 16.1. The molecule has 3 rings (SSSR count). The Bertz CT molecular complexity index is 826. The van der Waals surface area contributed by atoms with E-state index in [4.69, 9.17) is 0 Å². The summed E-state index contributed by atoms with van der Waals surface area (Å²) >= 11 is 0. The van der Waals surface area contributed by atoms with Crippen molar-refractivity contribution in [3.05, 3.63) is 69.8 Å². The molecule has 1 aliphatic heterocycles. The van der Waals surface area contributed by atoms with Gasteiger partial charge in [0, 0.05) is 50.5 Å². The molecular formula is C20H26IN5O2. The van der Waals surface area contributed by atoms with E-state index in [-0.39, 0.29) is 34.6 Å². The summed E-state index contributed by atoms with van der Waals surface area (Å²) in [4.78, 5) is 17.1. The first-order valence-electron chi connectivity index (χ1n) is 9.07. The van der Waals surface area contributed by atoms with Crippen molar-refractivity contribution in [2.45, 2.75) is 25.9 Å². The number of nitro benzene ring substituents is 1. The number of anilines is 1. The molecule has 0 bridgehead atoms. The van der Waals surface area contributed by atoms with Gasteiger partial charge in [0.1, 0.15) is 0 Å². The van der Waals surface area contributed by atoms with Crippen LogP contribution in [-0.2, 0) is 6.54 Å². The molecule has 1 unspecified atom stereocenters. The molecule has 2 N–H and O–H groups in total. The van der Waals surface area contributed by atoms with Crippen molar-refractivity contribution in [1.29, 1.82) is 0 Å². The van der Waals surface area contributed by atoms with E-state index in [1.54, 1.807) is 19.2 Å². The summed E-state index contributed by atoms with van der Waals surface area (Å²) in [5.74, 6) is 0.706. The molecule has 1 aliphatic rings. The van der Waals surface area contributed by atoms with Crippen LogP contribution in [-0.4, -0.2) is 37.1 Å². The van der Waals surface area contributed by atoms with Gasteiger partial charge in [-0.05, 0) is 31.0 Å². The minimum Gasteiger partial charge on any atom is -0.369 e. The first kappa shape index (κ1) is 21.9. The summed E-state index contributed by atoms with van der Waals surface area (Å²) in [6.07, 6.45) is 1.03. The van der Waals surface area contributed by atoms with E-state index in [2.05, 4.69) is 51.7 Å². The van der Waals surface area contributed by atoms with Gasteiger partial charge in [-0.3, -0.25) is 15.1 Å². The molecule has 1 atom stereocenters. The Morgan fingerprint density at radius 2 is 2.04 bits per heavy atom. The second-order valence-corrected chi connectivity index (χ2v) is 6.76. The molecule has 8 heteroatoms. The number of aryl methyl sites for hydroxylation is 1. The smallest absolute Gasteiger partial charge is 0.269 e. The summed E-state index contributed by atoms with van der Waals surface area (Å²) < 4.78 is 0. The van der Waals surface area contributed by atoms with Gasteiger partial charge in [0.15, 0.2) is 5.96 Å². The average Bonchev–Trinajstić information content (AvgIpc) is 3.14. The van der Waals surface area contributed by atoms with E-state index in [1.807, 2.05) is 6.07 Å². The van der Waals surface area contributed by atoms with Gasteiger partial charge in [0.25, 0.3) is 5.69 Å². The fraction of sp³-hybridized carbons (Fsp3) is 0.350. The molecule has 0 saturated carbocycles. The van der Waals surface area contributed by atoms with Crippen molar-refractivity contribution in [1.82, 2.24) is 10.6 Å². The van der Waals surface area contributed by atoms with Crippen LogP contribution >= 0.6 is 24.0 Å². The van der Waals surface area contributed by atoms with Gasteiger partial charge < -0.3 is 15.5 Å². The average molecular weight is 495 g/mol. The highest BCUT2D eigenvalue weighted by Gasteiger charge is 2.23. The highest BCUT2D eigenvalue weighted by molar-refractivity contribution is 14.0. The third-order valence-corrected chi connectivity index (χ3v) is 4.73. The quantitative estimate of drug-likeness (QED) is 0.218. The van der Waals surface area contributed by atoms with Gasteiger partial charge in [0.2, 0.25) is 0 Å². The van der Waals surface area contributed by atoms with Crippen LogP contribution < -0.4 is 15.5 Å². The Kier molecular flexibility index (Phi) is 8.04. The molecule has 0 aromatic heterocycles. The number of rotatable bonds is 5. The van der Waals surface area contributed by atoms with Gasteiger partial charge in [0.05, 0.1) is 4.92 Å². The van der Waals surface area contributed by atoms with E-state index in [1.165, 1.54) is 17.3 Å². The van der Waals surface area contributed by atoms with Crippen molar-refractivity contribution in [3.63, 3.8) is 0 Å². The van der Waals surface area contributed by atoms with E-state index >= 15 is 0 Å². The van der Waals surface area contributed by atoms with Crippen molar-refractivity contribution in [2.24, 2.45) is 4.99 Å². The first-order valence-corrected chi connectivity index (χ1v) is 9.07. The number of guanidine groups is 1. The van der Waals surface area contributed by atoms with Crippen molar-refractivity contribution in [3.8, 4) is 0 Å². The maximum atomic E-state index is 10.9. The number of halogens is 1. The van der Waals surface area contributed by atoms with Crippen molar-refractivity contribution < 1.29 is 4.92 Å². The molecule has 0 amide bonds. The van der Waals surface area contributed by atoms with E-state index in [0.29, 0.717) is 18.5 Å². The van der Waals surface area contributed by atoms with E-state index in [0.717, 1.165) is 25.1 Å². The molecule has 28 heavy (non-hydrogen) atoms. The van der Waals surface area contributed by atoms with Gasteiger partial charge in [-0.1, -0.05) is 29.8 Å². The number of nitrogens with zero attached hydrogens (tertiary/aromatic N) is 3. The largest absolute Gasteiger partial charge is 0.369 e. The van der Waals surface area contributed by atoms with Gasteiger partial charge in [-0.15, -0.1) is 24.0 Å². The van der Waals surface area contributed by atoms with Crippen molar-refractivity contribution in [2.75, 3.05) is 25.0 Å². The van der Waals surface area contributed by atoms with Crippen LogP contribution in [0.15, 0.2) is 53.5 Å². The van der Waals surface area contributed by atoms with E-state index in [9.17, 15) is 10.1 Å². The molecule has 7 nitrogen and oxygen atoms in total. The molecule has 1 fully saturated rings. The van der Waals surface area contributed by atoms with Crippen LogP contribution in [0.4, 0.5) is 11.4 Å². The monoisotopic (exact) mass is 495 g/mol. The Morgan fingerprint density at radius 3 is 2.71 bits per heavy atom. The normalized spacial score (nSPS) is 16.4. The molecule has 1 heterocycles. The minimum atomic E-state index is -0.380. The number of nitrogens with one attached hydrogen (secondary N) is 2. The third kappa shape index (κ3) is 5.82. The van der Waals surface area contributed by atoms with Crippen LogP contribution in [0.1, 0.15) is 17.5 Å². The molecule has 1 saturated heterocycles. The Labute approximate surface area is 182 Å². The number of nitro groups is 1. The number of non-ortho nitro benzene ring substituents is 1. The predicted octanol–water partition coefficient (Wildman–Crippen LogP) is 3.47. The van der Waals surface area contributed by atoms with Crippen LogP contribution in [0.25, 0.3) is 0 Å². The molecule has 150 valence electrons. The lowest BCUT2D eigenvalue weighted by Crippen LogP contribution is -2.44. The van der Waals surface area contributed by atoms with Gasteiger partial charge in [-0.2, -0.15) is 0 Å². The topological polar surface area (TPSA) is 82.8 Å². The zero-order chi connectivity index (χ0) is 19.2. The lowest BCUT2D eigenvalue weighted by atomic mass is 10.2. The van der Waals surface area contributed by atoms with Crippen molar-refractivity contribution >= 4 is 41.3 Å². The molecule has 0 aliphatic carbocycles. The van der Waals surface area contributed by atoms with Crippen LogP contribution in [0.2, 0.25) is 0 Å². The number of hydrogen-bond donors (Lipinski definition) is 2. The number of hydrogen-bond acceptors (Lipinski definition) is 4. The third-order valence-electron chi connectivity index (χ3n) is 4.73. The Balaban J connectivity index is 0.00000280. The second kappa shape index (κ2) is 10.3. The lowest BCUT2D eigenvalue weighted by Gasteiger charge is -2.20. The van der Waals surface area contributed by atoms with Crippen LogP contribution in [0.5, 0.6) is 0 Å². The Morgan fingerprint density at radius 1 is 1.29 bits per heavy atom. The zero-order valence-corrected chi connectivity index (χ0v) is 18.4. The van der Waals surface area contributed by atoms with Gasteiger partial charge >= 0.3 is 0 Å². The summed E-state index contributed by atoms with van der Waals surface area (Å²) in [5, 5.41) is 17.6. The molecule has 0 radical (unpaired) electrons. The second-order valence-electron chi connectivity index (χ2n) is 6.76. The standard InChI is InChI=1S/C20H25N5O2.HI/c1-15-6-8-18(9-7-15)24-11-10-17(14-24)23-20(21-2)22-13-16-4-3-5-19(12-16)25(26)27;/h3-9,12,17H,10-11,13-14H2,1-2H3,(H2,21,22,23);1H. The molecule has 0 spiro atoms. The maximum absolute atomic E-state index is 10.9. The Hall–Kier alpha value is -2.36. The summed E-state index contributed by atoms with van der Waals surface area (Å²) in [6.45, 7) is 4.49.